The van der Waals surface area contributed by atoms with Crippen LogP contribution in [0, 0.1) is 5.82 Å². The Morgan fingerprint density at radius 1 is 1.09 bits per heavy atom. The molecule has 7 nitrogen and oxygen atoms in total. The predicted molar refractivity (Wildman–Crippen MR) is 123 cm³/mol. The molecule has 1 heterocycles. The van der Waals surface area contributed by atoms with E-state index in [0.29, 0.717) is 18.9 Å². The summed E-state index contributed by atoms with van der Waals surface area (Å²) in [6.07, 6.45) is 3.14. The van der Waals surface area contributed by atoms with Crippen LogP contribution in [0.2, 0.25) is 0 Å². The number of oxazole rings is 1. The van der Waals surface area contributed by atoms with Gasteiger partial charge in [-0.15, -0.1) is 0 Å². The van der Waals surface area contributed by atoms with Crippen LogP contribution in [0.4, 0.5) is 4.39 Å². The molecule has 0 saturated carbocycles. The van der Waals surface area contributed by atoms with Gasteiger partial charge in [-0.1, -0.05) is 6.07 Å². The second-order valence-electron chi connectivity index (χ2n) is 7.24. The third kappa shape index (κ3) is 6.00. The third-order valence-electron chi connectivity index (χ3n) is 5.06. The van der Waals surface area contributed by atoms with Crippen LogP contribution in [0.25, 0.3) is 11.5 Å². The maximum absolute atomic E-state index is 13.1. The fraction of sp³-hybridized carbons (Fsp3) is 0.333. The number of methoxy groups -OCH3 is 2. The SMILES string of the molecule is CN=C(NCCc1coc(-c2ccc(F)cc2)n1)N(C)CCc1ccc(OC)c(OC)c1. The quantitative estimate of drug-likeness (QED) is 0.403. The summed E-state index contributed by atoms with van der Waals surface area (Å²) in [5.74, 6) is 2.44. The Labute approximate surface area is 187 Å². The largest absolute Gasteiger partial charge is 0.493 e. The fourth-order valence-electron chi connectivity index (χ4n) is 3.27. The summed E-state index contributed by atoms with van der Waals surface area (Å²) in [5, 5.41) is 3.35. The van der Waals surface area contributed by atoms with Crippen molar-refractivity contribution in [1.29, 1.82) is 0 Å². The van der Waals surface area contributed by atoms with E-state index in [1.807, 2.05) is 25.2 Å². The molecule has 0 spiro atoms. The minimum absolute atomic E-state index is 0.286. The minimum Gasteiger partial charge on any atom is -0.493 e. The zero-order chi connectivity index (χ0) is 22.9. The van der Waals surface area contributed by atoms with Crippen molar-refractivity contribution in [3.8, 4) is 23.0 Å². The van der Waals surface area contributed by atoms with Crippen LogP contribution < -0.4 is 14.8 Å². The topological polar surface area (TPSA) is 72.1 Å². The maximum atomic E-state index is 13.1. The maximum Gasteiger partial charge on any atom is 0.226 e. The van der Waals surface area contributed by atoms with E-state index in [1.165, 1.54) is 12.1 Å². The highest BCUT2D eigenvalue weighted by Gasteiger charge is 2.10. The van der Waals surface area contributed by atoms with Crippen LogP contribution in [0.3, 0.4) is 0 Å². The summed E-state index contributed by atoms with van der Waals surface area (Å²) >= 11 is 0. The standard InChI is InChI=1S/C24H29FN4O3/c1-26-24(29(2)14-12-17-5-10-21(30-3)22(15-17)31-4)27-13-11-20-16-32-23(28-20)18-6-8-19(25)9-7-18/h5-10,15-16H,11-14H2,1-4H3,(H,26,27). The number of nitrogens with one attached hydrogen (secondary N) is 1. The molecule has 3 aromatic rings. The Morgan fingerprint density at radius 3 is 2.53 bits per heavy atom. The molecule has 0 aliphatic heterocycles. The number of ether oxygens (including phenoxy) is 2. The van der Waals surface area contributed by atoms with Gasteiger partial charge in [0.25, 0.3) is 0 Å². The van der Waals surface area contributed by atoms with Crippen LogP contribution in [-0.2, 0) is 12.8 Å². The highest BCUT2D eigenvalue weighted by Crippen LogP contribution is 2.27. The van der Waals surface area contributed by atoms with Gasteiger partial charge in [0.2, 0.25) is 5.89 Å². The summed E-state index contributed by atoms with van der Waals surface area (Å²) in [5.41, 5.74) is 2.72. The van der Waals surface area contributed by atoms with Gasteiger partial charge in [0.05, 0.1) is 19.9 Å². The van der Waals surface area contributed by atoms with Gasteiger partial charge in [-0.05, 0) is 48.4 Å². The molecule has 3 rings (SSSR count). The molecule has 1 N–H and O–H groups in total. The molecule has 0 fully saturated rings. The highest BCUT2D eigenvalue weighted by molar-refractivity contribution is 5.79. The lowest BCUT2D eigenvalue weighted by atomic mass is 10.1. The summed E-state index contributed by atoms with van der Waals surface area (Å²) in [4.78, 5) is 10.9. The molecule has 8 heteroatoms. The van der Waals surface area contributed by atoms with Crippen LogP contribution in [0.15, 0.2) is 58.1 Å². The van der Waals surface area contributed by atoms with E-state index in [2.05, 4.69) is 20.2 Å². The van der Waals surface area contributed by atoms with Crippen molar-refractivity contribution >= 4 is 5.96 Å². The second kappa shape index (κ2) is 11.2. The van der Waals surface area contributed by atoms with E-state index in [9.17, 15) is 4.39 Å². The molecule has 170 valence electrons. The second-order valence-corrected chi connectivity index (χ2v) is 7.24. The van der Waals surface area contributed by atoms with E-state index in [4.69, 9.17) is 13.9 Å². The lowest BCUT2D eigenvalue weighted by Crippen LogP contribution is -2.40. The number of guanidine groups is 1. The third-order valence-corrected chi connectivity index (χ3v) is 5.06. The number of aromatic nitrogens is 1. The van der Waals surface area contributed by atoms with Gasteiger partial charge in [0, 0.05) is 39.2 Å². The van der Waals surface area contributed by atoms with E-state index < -0.39 is 0 Å². The number of aliphatic imine (C=N–C) groups is 1. The Morgan fingerprint density at radius 2 is 1.84 bits per heavy atom. The van der Waals surface area contributed by atoms with Crippen molar-refractivity contribution in [2.24, 2.45) is 4.99 Å². The molecule has 0 aliphatic rings. The lowest BCUT2D eigenvalue weighted by molar-refractivity contribution is 0.354. The molecule has 1 aromatic heterocycles. The Kier molecular flexibility index (Phi) is 8.08. The Balaban J connectivity index is 1.48. The smallest absolute Gasteiger partial charge is 0.226 e. The predicted octanol–water partition coefficient (Wildman–Crippen LogP) is 3.79. The van der Waals surface area contributed by atoms with Crippen molar-refractivity contribution in [3.05, 3.63) is 65.8 Å². The van der Waals surface area contributed by atoms with Crippen molar-refractivity contribution < 1.29 is 18.3 Å². The molecule has 0 saturated heterocycles. The van der Waals surface area contributed by atoms with Crippen LogP contribution in [0.5, 0.6) is 11.5 Å². The number of likely N-dealkylation sites (N-methyl/N-ethyl adjacent to an activating group) is 1. The fourth-order valence-corrected chi connectivity index (χ4v) is 3.27. The number of halogens is 1. The van der Waals surface area contributed by atoms with Gasteiger partial charge in [0.15, 0.2) is 17.5 Å². The first-order valence-electron chi connectivity index (χ1n) is 10.4. The average Bonchev–Trinajstić information content (AvgIpc) is 3.29. The zero-order valence-corrected chi connectivity index (χ0v) is 18.9. The molecule has 0 amide bonds. The highest BCUT2D eigenvalue weighted by atomic mass is 19.1. The Bertz CT molecular complexity index is 1030. The van der Waals surface area contributed by atoms with Crippen molar-refractivity contribution in [1.82, 2.24) is 15.2 Å². The van der Waals surface area contributed by atoms with Gasteiger partial charge in [-0.2, -0.15) is 0 Å². The van der Waals surface area contributed by atoms with Crippen LogP contribution in [-0.4, -0.2) is 57.2 Å². The normalized spacial score (nSPS) is 11.3. The zero-order valence-electron chi connectivity index (χ0n) is 18.9. The average molecular weight is 441 g/mol. The molecule has 0 bridgehead atoms. The monoisotopic (exact) mass is 440 g/mol. The van der Waals surface area contributed by atoms with Crippen molar-refractivity contribution in [2.75, 3.05) is 41.4 Å². The summed E-state index contributed by atoms with van der Waals surface area (Å²) < 4.78 is 29.3. The molecule has 0 aliphatic carbocycles. The minimum atomic E-state index is -0.286. The first-order chi connectivity index (χ1) is 15.5. The molecule has 32 heavy (non-hydrogen) atoms. The van der Waals surface area contributed by atoms with Gasteiger partial charge in [-0.25, -0.2) is 9.37 Å². The van der Waals surface area contributed by atoms with Crippen LogP contribution >= 0.6 is 0 Å². The first-order valence-corrected chi connectivity index (χ1v) is 10.4. The molecule has 0 atom stereocenters. The van der Waals surface area contributed by atoms with E-state index in [0.717, 1.165) is 47.2 Å². The van der Waals surface area contributed by atoms with Gasteiger partial charge >= 0.3 is 0 Å². The first kappa shape index (κ1) is 23.1. The van der Waals surface area contributed by atoms with E-state index >= 15 is 0 Å². The van der Waals surface area contributed by atoms with Gasteiger partial charge in [-0.3, -0.25) is 4.99 Å². The van der Waals surface area contributed by atoms with Crippen LogP contribution in [0.1, 0.15) is 11.3 Å². The lowest BCUT2D eigenvalue weighted by Gasteiger charge is -2.22. The number of nitrogens with zero attached hydrogens (tertiary/aromatic N) is 3. The number of rotatable bonds is 9. The summed E-state index contributed by atoms with van der Waals surface area (Å²) in [6.45, 7) is 1.44. The van der Waals surface area contributed by atoms with Gasteiger partial charge in [0.1, 0.15) is 12.1 Å². The van der Waals surface area contributed by atoms with E-state index in [-0.39, 0.29) is 5.82 Å². The molecule has 2 aromatic carbocycles. The summed E-state index contributed by atoms with van der Waals surface area (Å²) in [7, 11) is 7.03. The number of hydrogen-bond donors (Lipinski definition) is 1. The molecular weight excluding hydrogens is 411 g/mol. The number of hydrogen-bond acceptors (Lipinski definition) is 5. The Hall–Kier alpha value is -3.55. The molecular formula is C24H29FN4O3. The molecule has 0 radical (unpaired) electrons. The van der Waals surface area contributed by atoms with E-state index in [1.54, 1.807) is 39.7 Å². The summed E-state index contributed by atoms with van der Waals surface area (Å²) in [6, 6.07) is 12.0. The van der Waals surface area contributed by atoms with Crippen molar-refractivity contribution in [3.63, 3.8) is 0 Å². The van der Waals surface area contributed by atoms with Gasteiger partial charge < -0.3 is 24.1 Å². The van der Waals surface area contributed by atoms with Crippen molar-refractivity contribution in [2.45, 2.75) is 12.8 Å². The number of benzene rings is 2. The molecule has 0 unspecified atom stereocenters.